The van der Waals surface area contributed by atoms with Crippen molar-refractivity contribution in [1.82, 2.24) is 0 Å². The SMILES string of the molecule is COc1cc2c(cc1OC)C(/C(=C\OC1OC(=O)C(C)=C1C)C(=O)O)CC2. The van der Waals surface area contributed by atoms with Gasteiger partial charge in [-0.05, 0) is 49.9 Å². The maximum absolute atomic E-state index is 11.9. The minimum absolute atomic E-state index is 0.106. The number of cyclic esters (lactones) is 1. The topological polar surface area (TPSA) is 91.3 Å². The van der Waals surface area contributed by atoms with E-state index in [4.69, 9.17) is 18.9 Å². The monoisotopic (exact) mass is 374 g/mol. The van der Waals surface area contributed by atoms with Crippen LogP contribution in [0.5, 0.6) is 11.5 Å². The number of carbonyl (C=O) groups excluding carboxylic acids is 1. The number of hydrogen-bond donors (Lipinski definition) is 1. The fourth-order valence-corrected chi connectivity index (χ4v) is 3.41. The number of rotatable bonds is 6. The van der Waals surface area contributed by atoms with Crippen LogP contribution in [0.2, 0.25) is 0 Å². The molecule has 27 heavy (non-hydrogen) atoms. The molecular formula is C20H22O7. The van der Waals surface area contributed by atoms with E-state index in [1.807, 2.05) is 12.1 Å². The van der Waals surface area contributed by atoms with Crippen molar-refractivity contribution in [3.63, 3.8) is 0 Å². The predicted molar refractivity (Wildman–Crippen MR) is 95.7 cm³/mol. The molecule has 7 heteroatoms. The van der Waals surface area contributed by atoms with Gasteiger partial charge in [0, 0.05) is 17.1 Å². The van der Waals surface area contributed by atoms with Crippen LogP contribution in [0.4, 0.5) is 0 Å². The molecule has 1 aromatic rings. The van der Waals surface area contributed by atoms with E-state index in [0.717, 1.165) is 17.5 Å². The lowest BCUT2D eigenvalue weighted by molar-refractivity contribution is -0.153. The molecule has 0 fully saturated rings. The van der Waals surface area contributed by atoms with E-state index in [0.29, 0.717) is 29.1 Å². The van der Waals surface area contributed by atoms with Gasteiger partial charge in [0.05, 0.1) is 26.1 Å². The molecule has 1 N–H and O–H groups in total. The first kappa shape index (κ1) is 18.8. The van der Waals surface area contributed by atoms with Gasteiger partial charge in [0.15, 0.2) is 11.5 Å². The number of carboxylic acid groups (broad SMARTS) is 1. The first-order valence-corrected chi connectivity index (χ1v) is 8.59. The van der Waals surface area contributed by atoms with Gasteiger partial charge in [-0.3, -0.25) is 0 Å². The zero-order valence-electron chi connectivity index (χ0n) is 15.7. The lowest BCUT2D eigenvalue weighted by atomic mass is 9.93. The Balaban J connectivity index is 1.90. The van der Waals surface area contributed by atoms with E-state index in [2.05, 4.69) is 0 Å². The molecule has 2 aliphatic rings. The van der Waals surface area contributed by atoms with Crippen molar-refractivity contribution in [1.29, 1.82) is 0 Å². The molecule has 2 unspecified atom stereocenters. The van der Waals surface area contributed by atoms with Crippen LogP contribution in [0.1, 0.15) is 37.3 Å². The third kappa shape index (κ3) is 3.37. The van der Waals surface area contributed by atoms with E-state index >= 15 is 0 Å². The van der Waals surface area contributed by atoms with Gasteiger partial charge in [0.25, 0.3) is 6.29 Å². The van der Waals surface area contributed by atoms with Gasteiger partial charge < -0.3 is 24.1 Å². The fraction of sp³-hybridized carbons (Fsp3) is 0.400. The van der Waals surface area contributed by atoms with E-state index in [1.165, 1.54) is 13.4 Å². The van der Waals surface area contributed by atoms with E-state index in [1.54, 1.807) is 21.0 Å². The number of esters is 1. The van der Waals surface area contributed by atoms with Crippen molar-refractivity contribution in [3.8, 4) is 11.5 Å². The minimum Gasteiger partial charge on any atom is -0.493 e. The zero-order valence-corrected chi connectivity index (χ0v) is 15.7. The molecule has 1 aromatic carbocycles. The maximum Gasteiger partial charge on any atom is 0.337 e. The summed E-state index contributed by atoms with van der Waals surface area (Å²) in [6, 6.07) is 3.69. The summed E-state index contributed by atoms with van der Waals surface area (Å²) < 4.78 is 21.3. The van der Waals surface area contributed by atoms with Crippen LogP contribution in [0.15, 0.2) is 35.1 Å². The first-order chi connectivity index (χ1) is 12.9. The fourth-order valence-electron chi connectivity index (χ4n) is 3.41. The van der Waals surface area contributed by atoms with Crippen LogP contribution in [-0.2, 0) is 25.5 Å². The van der Waals surface area contributed by atoms with Gasteiger partial charge in [-0.25, -0.2) is 9.59 Å². The largest absolute Gasteiger partial charge is 0.493 e. The van der Waals surface area contributed by atoms with Crippen LogP contribution in [0, 0.1) is 0 Å². The molecule has 1 heterocycles. The second-order valence-electron chi connectivity index (χ2n) is 6.56. The van der Waals surface area contributed by atoms with Crippen molar-refractivity contribution in [3.05, 3.63) is 46.2 Å². The summed E-state index contributed by atoms with van der Waals surface area (Å²) in [6.45, 7) is 3.37. The quantitative estimate of drug-likeness (QED) is 0.465. The average molecular weight is 374 g/mol. The molecule has 2 atom stereocenters. The summed E-state index contributed by atoms with van der Waals surface area (Å²) in [5, 5.41) is 9.71. The zero-order chi connectivity index (χ0) is 19.7. The Morgan fingerprint density at radius 1 is 1.22 bits per heavy atom. The molecule has 0 aromatic heterocycles. The minimum atomic E-state index is -1.08. The van der Waals surface area contributed by atoms with Crippen LogP contribution < -0.4 is 9.47 Å². The smallest absolute Gasteiger partial charge is 0.337 e. The molecule has 0 saturated carbocycles. The number of ether oxygens (including phenoxy) is 4. The summed E-state index contributed by atoms with van der Waals surface area (Å²) in [4.78, 5) is 23.5. The number of benzene rings is 1. The number of carbonyl (C=O) groups is 2. The third-order valence-corrected chi connectivity index (χ3v) is 5.13. The molecule has 1 aliphatic heterocycles. The van der Waals surface area contributed by atoms with Gasteiger partial charge in [0.1, 0.15) is 0 Å². The van der Waals surface area contributed by atoms with Crippen LogP contribution in [0.3, 0.4) is 0 Å². The van der Waals surface area contributed by atoms with Crippen molar-refractivity contribution in [2.75, 3.05) is 14.2 Å². The van der Waals surface area contributed by atoms with E-state index in [9.17, 15) is 14.7 Å². The molecule has 0 radical (unpaired) electrons. The Morgan fingerprint density at radius 2 is 1.89 bits per heavy atom. The summed E-state index contributed by atoms with van der Waals surface area (Å²) in [6.07, 6.45) is 1.66. The highest BCUT2D eigenvalue weighted by Gasteiger charge is 2.33. The second-order valence-corrected chi connectivity index (χ2v) is 6.56. The molecule has 0 spiro atoms. The lowest BCUT2D eigenvalue weighted by Crippen LogP contribution is -2.15. The van der Waals surface area contributed by atoms with Gasteiger partial charge in [-0.2, -0.15) is 0 Å². The molecule has 1 aliphatic carbocycles. The van der Waals surface area contributed by atoms with E-state index in [-0.39, 0.29) is 11.5 Å². The third-order valence-electron chi connectivity index (χ3n) is 5.13. The van der Waals surface area contributed by atoms with Crippen molar-refractivity contribution in [2.45, 2.75) is 38.9 Å². The number of aryl methyl sites for hydroxylation is 1. The molecular weight excluding hydrogens is 352 g/mol. The van der Waals surface area contributed by atoms with Gasteiger partial charge in [-0.15, -0.1) is 0 Å². The molecule has 0 bridgehead atoms. The van der Waals surface area contributed by atoms with Gasteiger partial charge >= 0.3 is 11.9 Å². The highest BCUT2D eigenvalue weighted by Crippen LogP contribution is 2.43. The predicted octanol–water partition coefficient (Wildman–Crippen LogP) is 2.94. The molecule has 7 nitrogen and oxygen atoms in total. The highest BCUT2D eigenvalue weighted by atomic mass is 16.7. The summed E-state index contributed by atoms with van der Waals surface area (Å²) in [5.74, 6) is -0.716. The Labute approximate surface area is 157 Å². The van der Waals surface area contributed by atoms with Crippen LogP contribution >= 0.6 is 0 Å². The second kappa shape index (κ2) is 7.34. The summed E-state index contributed by atoms with van der Waals surface area (Å²) in [5.41, 5.74) is 3.11. The highest BCUT2D eigenvalue weighted by molar-refractivity contribution is 5.91. The Bertz CT molecular complexity index is 850. The molecule has 144 valence electrons. The summed E-state index contributed by atoms with van der Waals surface area (Å²) in [7, 11) is 3.10. The Hall–Kier alpha value is -2.96. The molecule has 0 saturated heterocycles. The van der Waals surface area contributed by atoms with E-state index < -0.39 is 18.2 Å². The first-order valence-electron chi connectivity index (χ1n) is 8.59. The Kier molecular flexibility index (Phi) is 5.12. The van der Waals surface area contributed by atoms with Gasteiger partial charge in [0.2, 0.25) is 0 Å². The average Bonchev–Trinajstić information content (AvgIpc) is 3.16. The molecule has 0 amide bonds. The van der Waals surface area contributed by atoms with Crippen molar-refractivity contribution in [2.24, 2.45) is 0 Å². The Morgan fingerprint density at radius 3 is 2.44 bits per heavy atom. The van der Waals surface area contributed by atoms with Crippen molar-refractivity contribution >= 4 is 11.9 Å². The van der Waals surface area contributed by atoms with Crippen LogP contribution in [-0.4, -0.2) is 37.6 Å². The molecule has 3 rings (SSSR count). The van der Waals surface area contributed by atoms with Crippen molar-refractivity contribution < 1.29 is 33.6 Å². The number of methoxy groups -OCH3 is 2. The maximum atomic E-state index is 11.9. The van der Waals surface area contributed by atoms with Gasteiger partial charge in [-0.1, -0.05) is 0 Å². The lowest BCUT2D eigenvalue weighted by Gasteiger charge is -2.17. The number of carboxylic acids is 1. The standard InChI is InChI=1S/C20H22O7/c1-10-11(2)20(27-19(10)23)26-9-15(18(21)22)13-6-5-12-7-16(24-3)17(25-4)8-14(12)13/h7-9,13,20H,5-6H2,1-4H3,(H,21,22)/b15-9+. The number of aliphatic carboxylic acids is 1. The number of hydrogen-bond acceptors (Lipinski definition) is 6. The number of fused-ring (bicyclic) bond motifs is 1. The summed E-state index contributed by atoms with van der Waals surface area (Å²) >= 11 is 0. The van der Waals surface area contributed by atoms with Crippen LogP contribution in [0.25, 0.3) is 0 Å². The normalized spacial score (nSPS) is 21.8.